The molecule has 0 unspecified atom stereocenters. The number of rotatable bonds is 2. The molecular weight excluding hydrogens is 328 g/mol. The SMILES string of the molecule is Cl.N#Cc1ccc(Br)c([C@@H](N)C2CCCCC2)c1O. The quantitative estimate of drug-likeness (QED) is 0.850. The molecule has 1 aliphatic carbocycles. The van der Waals surface area contributed by atoms with Crippen LogP contribution in [-0.4, -0.2) is 5.11 Å². The van der Waals surface area contributed by atoms with Crippen LogP contribution in [0.1, 0.15) is 49.3 Å². The number of aromatic hydroxyl groups is 1. The van der Waals surface area contributed by atoms with E-state index in [0.717, 1.165) is 17.3 Å². The van der Waals surface area contributed by atoms with Crippen molar-refractivity contribution in [2.24, 2.45) is 11.7 Å². The molecule has 3 nitrogen and oxygen atoms in total. The molecule has 1 aromatic carbocycles. The van der Waals surface area contributed by atoms with E-state index in [1.54, 1.807) is 12.1 Å². The van der Waals surface area contributed by atoms with Gasteiger partial charge in [-0.15, -0.1) is 12.4 Å². The van der Waals surface area contributed by atoms with Gasteiger partial charge in [-0.3, -0.25) is 0 Å². The molecule has 2 rings (SSSR count). The standard InChI is InChI=1S/C14H17BrN2O.ClH/c15-11-7-6-10(8-16)14(18)12(11)13(17)9-4-2-1-3-5-9;/h6-7,9,13,18H,1-5,17H2;1H/t13-;/m0./s1. The molecule has 104 valence electrons. The molecule has 0 aromatic heterocycles. The smallest absolute Gasteiger partial charge is 0.139 e. The van der Waals surface area contributed by atoms with Crippen molar-refractivity contribution in [1.82, 2.24) is 0 Å². The lowest BCUT2D eigenvalue weighted by Gasteiger charge is -2.29. The van der Waals surface area contributed by atoms with Crippen molar-refractivity contribution < 1.29 is 5.11 Å². The third kappa shape index (κ3) is 3.42. The first-order chi connectivity index (χ1) is 8.65. The average molecular weight is 346 g/mol. The van der Waals surface area contributed by atoms with E-state index in [1.165, 1.54) is 19.3 Å². The van der Waals surface area contributed by atoms with Crippen LogP contribution in [0.25, 0.3) is 0 Å². The first kappa shape index (κ1) is 16.3. The molecular formula is C14H18BrClN2O. The molecule has 0 amide bonds. The summed E-state index contributed by atoms with van der Waals surface area (Å²) in [6, 6.07) is 5.19. The lowest BCUT2D eigenvalue weighted by Crippen LogP contribution is -2.24. The molecule has 0 heterocycles. The first-order valence-electron chi connectivity index (χ1n) is 6.32. The lowest BCUT2D eigenvalue weighted by atomic mass is 9.81. The zero-order chi connectivity index (χ0) is 13.1. The van der Waals surface area contributed by atoms with Gasteiger partial charge in [0.2, 0.25) is 0 Å². The predicted molar refractivity (Wildman–Crippen MR) is 81.3 cm³/mol. The molecule has 3 N–H and O–H groups in total. The normalized spacial score (nSPS) is 17.3. The van der Waals surface area contributed by atoms with Gasteiger partial charge in [0.1, 0.15) is 11.8 Å². The third-order valence-electron chi connectivity index (χ3n) is 3.78. The summed E-state index contributed by atoms with van der Waals surface area (Å²) in [4.78, 5) is 0. The molecule has 1 fully saturated rings. The van der Waals surface area contributed by atoms with Crippen molar-refractivity contribution >= 4 is 28.3 Å². The Balaban J connectivity index is 0.00000180. The molecule has 0 bridgehead atoms. The molecule has 0 radical (unpaired) electrons. The fourth-order valence-corrected chi connectivity index (χ4v) is 3.30. The number of hydrogen-bond acceptors (Lipinski definition) is 3. The van der Waals surface area contributed by atoms with Crippen molar-refractivity contribution in [3.05, 3.63) is 27.7 Å². The maximum Gasteiger partial charge on any atom is 0.139 e. The molecule has 1 aliphatic rings. The van der Waals surface area contributed by atoms with Gasteiger partial charge in [-0.25, -0.2) is 0 Å². The minimum atomic E-state index is -0.201. The number of nitrogens with zero attached hydrogens (tertiary/aromatic N) is 1. The van der Waals surface area contributed by atoms with Crippen LogP contribution in [0.4, 0.5) is 0 Å². The largest absolute Gasteiger partial charge is 0.506 e. The molecule has 0 spiro atoms. The molecule has 1 saturated carbocycles. The number of phenolic OH excluding ortho intramolecular Hbond substituents is 1. The highest BCUT2D eigenvalue weighted by Crippen LogP contribution is 2.40. The van der Waals surface area contributed by atoms with E-state index in [-0.39, 0.29) is 24.2 Å². The summed E-state index contributed by atoms with van der Waals surface area (Å²) in [6.07, 6.45) is 5.88. The third-order valence-corrected chi connectivity index (χ3v) is 4.47. The van der Waals surface area contributed by atoms with Gasteiger partial charge in [-0.05, 0) is 30.9 Å². The second-order valence-electron chi connectivity index (χ2n) is 4.89. The molecule has 0 saturated heterocycles. The first-order valence-corrected chi connectivity index (χ1v) is 7.11. The summed E-state index contributed by atoms with van der Waals surface area (Å²) in [5.74, 6) is 0.430. The number of halogens is 2. The van der Waals surface area contributed by atoms with Crippen LogP contribution in [0.2, 0.25) is 0 Å². The van der Waals surface area contributed by atoms with E-state index in [9.17, 15) is 5.11 Å². The van der Waals surface area contributed by atoms with E-state index in [2.05, 4.69) is 15.9 Å². The number of hydrogen-bond donors (Lipinski definition) is 2. The van der Waals surface area contributed by atoms with Crippen molar-refractivity contribution in [2.75, 3.05) is 0 Å². The Kier molecular flexibility index (Phi) is 6.12. The molecule has 5 heteroatoms. The average Bonchev–Trinajstić information content (AvgIpc) is 2.40. The number of phenols is 1. The van der Waals surface area contributed by atoms with Gasteiger partial charge in [0.05, 0.1) is 5.56 Å². The van der Waals surface area contributed by atoms with Crippen LogP contribution in [0.15, 0.2) is 16.6 Å². The Morgan fingerprint density at radius 3 is 2.53 bits per heavy atom. The Morgan fingerprint density at radius 1 is 1.32 bits per heavy atom. The Morgan fingerprint density at radius 2 is 1.95 bits per heavy atom. The highest BCUT2D eigenvalue weighted by Gasteiger charge is 2.26. The van der Waals surface area contributed by atoms with Crippen LogP contribution >= 0.6 is 28.3 Å². The fraction of sp³-hybridized carbons (Fsp3) is 0.500. The van der Waals surface area contributed by atoms with Crippen molar-refractivity contribution in [3.63, 3.8) is 0 Å². The maximum atomic E-state index is 10.1. The zero-order valence-electron chi connectivity index (χ0n) is 10.6. The summed E-state index contributed by atoms with van der Waals surface area (Å²) in [6.45, 7) is 0. The minimum Gasteiger partial charge on any atom is -0.506 e. The summed E-state index contributed by atoms with van der Waals surface area (Å²) in [7, 11) is 0. The summed E-state index contributed by atoms with van der Waals surface area (Å²) >= 11 is 3.43. The molecule has 1 atom stereocenters. The summed E-state index contributed by atoms with van der Waals surface area (Å²) in [5.41, 5.74) is 7.27. The van der Waals surface area contributed by atoms with Gasteiger partial charge >= 0.3 is 0 Å². The van der Waals surface area contributed by atoms with E-state index in [1.807, 2.05) is 6.07 Å². The van der Waals surface area contributed by atoms with Gasteiger partial charge in [-0.1, -0.05) is 35.2 Å². The predicted octanol–water partition coefficient (Wildman–Crippen LogP) is 4.03. The monoisotopic (exact) mass is 344 g/mol. The number of benzene rings is 1. The second-order valence-corrected chi connectivity index (χ2v) is 5.75. The van der Waals surface area contributed by atoms with E-state index < -0.39 is 0 Å². The van der Waals surface area contributed by atoms with Crippen LogP contribution < -0.4 is 5.73 Å². The second kappa shape index (κ2) is 7.14. The zero-order valence-corrected chi connectivity index (χ0v) is 13.0. The van der Waals surface area contributed by atoms with Gasteiger partial charge in [0.15, 0.2) is 0 Å². The topological polar surface area (TPSA) is 70.0 Å². The van der Waals surface area contributed by atoms with Crippen molar-refractivity contribution in [1.29, 1.82) is 5.26 Å². The molecule has 19 heavy (non-hydrogen) atoms. The van der Waals surface area contributed by atoms with E-state index in [4.69, 9.17) is 11.0 Å². The van der Waals surface area contributed by atoms with Crippen molar-refractivity contribution in [2.45, 2.75) is 38.1 Å². The van der Waals surface area contributed by atoms with Crippen LogP contribution in [0, 0.1) is 17.2 Å². The summed E-state index contributed by atoms with van der Waals surface area (Å²) in [5, 5.41) is 19.1. The van der Waals surface area contributed by atoms with E-state index >= 15 is 0 Å². The lowest BCUT2D eigenvalue weighted by molar-refractivity contribution is 0.302. The summed E-state index contributed by atoms with van der Waals surface area (Å²) < 4.78 is 0.789. The van der Waals surface area contributed by atoms with Gasteiger partial charge in [0, 0.05) is 16.1 Å². The van der Waals surface area contributed by atoms with Gasteiger partial charge < -0.3 is 10.8 Å². The van der Waals surface area contributed by atoms with Crippen LogP contribution in [0.3, 0.4) is 0 Å². The van der Waals surface area contributed by atoms with Gasteiger partial charge in [0.25, 0.3) is 0 Å². The number of nitrogens with two attached hydrogens (primary N) is 1. The van der Waals surface area contributed by atoms with Crippen LogP contribution in [-0.2, 0) is 0 Å². The highest BCUT2D eigenvalue weighted by atomic mass is 79.9. The van der Waals surface area contributed by atoms with Crippen LogP contribution in [0.5, 0.6) is 5.75 Å². The fourth-order valence-electron chi connectivity index (χ4n) is 2.72. The number of nitriles is 1. The Bertz CT molecular complexity index is 481. The molecule has 1 aromatic rings. The van der Waals surface area contributed by atoms with Crippen molar-refractivity contribution in [3.8, 4) is 11.8 Å². The Hall–Kier alpha value is -0.760. The van der Waals surface area contributed by atoms with Gasteiger partial charge in [-0.2, -0.15) is 5.26 Å². The maximum absolute atomic E-state index is 10.1. The minimum absolute atomic E-state index is 0. The Labute approximate surface area is 128 Å². The highest BCUT2D eigenvalue weighted by molar-refractivity contribution is 9.10. The van der Waals surface area contributed by atoms with E-state index in [0.29, 0.717) is 17.0 Å². The molecule has 0 aliphatic heterocycles.